The molecular weight excluding hydrogens is 353 g/mol. The minimum absolute atomic E-state index is 0.299. The third kappa shape index (κ3) is 2.84. The zero-order valence-corrected chi connectivity index (χ0v) is 10.5. The Labute approximate surface area is 107 Å². The molecule has 0 aliphatic heterocycles. The van der Waals surface area contributed by atoms with Gasteiger partial charge in [0.2, 0.25) is 0 Å². The van der Waals surface area contributed by atoms with Crippen LogP contribution in [-0.2, 0) is 4.74 Å². The second kappa shape index (κ2) is 5.29. The Morgan fingerprint density at radius 2 is 2.24 bits per heavy atom. The van der Waals surface area contributed by atoms with Crippen LogP contribution in [0.2, 0.25) is 0 Å². The van der Waals surface area contributed by atoms with Crippen molar-refractivity contribution in [2.75, 3.05) is 7.11 Å². The molecule has 0 radical (unpaired) electrons. The first kappa shape index (κ1) is 13.7. The minimum Gasteiger partial charge on any atom is -0.464 e. The van der Waals surface area contributed by atoms with E-state index in [1.807, 2.05) is 0 Å². The maximum atomic E-state index is 12.6. The molecular formula is C8H5F2IN2O4. The molecule has 0 saturated carbocycles. The molecule has 0 fully saturated rings. The molecule has 0 saturated heterocycles. The fourth-order valence-corrected chi connectivity index (χ4v) is 1.84. The van der Waals surface area contributed by atoms with Crippen molar-refractivity contribution in [2.45, 2.75) is 6.43 Å². The summed E-state index contributed by atoms with van der Waals surface area (Å²) in [7, 11) is 1.06. The van der Waals surface area contributed by atoms with Crippen molar-refractivity contribution in [3.8, 4) is 0 Å². The minimum atomic E-state index is -3.04. The number of nitrogens with zero attached hydrogens (tertiary/aromatic N) is 2. The van der Waals surface area contributed by atoms with Gasteiger partial charge < -0.3 is 4.74 Å². The molecule has 6 nitrogen and oxygen atoms in total. The maximum absolute atomic E-state index is 12.6. The van der Waals surface area contributed by atoms with Crippen molar-refractivity contribution in [1.82, 2.24) is 4.98 Å². The summed E-state index contributed by atoms with van der Waals surface area (Å²) in [5.74, 6) is -0.924. The fourth-order valence-electron chi connectivity index (χ4n) is 1.07. The van der Waals surface area contributed by atoms with Gasteiger partial charge in [0.15, 0.2) is 5.69 Å². The number of alkyl halides is 2. The molecule has 0 N–H and O–H groups in total. The summed E-state index contributed by atoms with van der Waals surface area (Å²) in [6.45, 7) is 0. The number of methoxy groups -OCH3 is 1. The van der Waals surface area contributed by atoms with Gasteiger partial charge in [-0.25, -0.2) is 18.6 Å². The Kier molecular flexibility index (Phi) is 4.26. The number of pyridine rings is 1. The van der Waals surface area contributed by atoms with E-state index in [9.17, 15) is 23.7 Å². The molecule has 0 aliphatic carbocycles. The molecule has 0 spiro atoms. The molecule has 0 unspecified atom stereocenters. The SMILES string of the molecule is COC(=O)c1cc([N+](=O)[O-])c(C(F)F)c(I)n1. The summed E-state index contributed by atoms with van der Waals surface area (Å²) in [5.41, 5.74) is -2.03. The van der Waals surface area contributed by atoms with Crippen LogP contribution in [-0.4, -0.2) is 23.0 Å². The van der Waals surface area contributed by atoms with Crippen LogP contribution in [0.4, 0.5) is 14.5 Å². The summed E-state index contributed by atoms with van der Waals surface area (Å²) in [4.78, 5) is 24.3. The first-order chi connectivity index (χ1) is 7.88. The summed E-state index contributed by atoms with van der Waals surface area (Å²) in [5, 5.41) is 10.6. The molecule has 0 amide bonds. The van der Waals surface area contributed by atoms with Crippen molar-refractivity contribution < 1.29 is 23.2 Å². The third-order valence-corrected chi connectivity index (χ3v) is 2.62. The Morgan fingerprint density at radius 3 is 2.65 bits per heavy atom. The predicted octanol–water partition coefficient (Wildman–Crippen LogP) is 2.32. The second-order valence-corrected chi connectivity index (χ2v) is 3.80. The van der Waals surface area contributed by atoms with Gasteiger partial charge in [-0.15, -0.1) is 0 Å². The molecule has 1 heterocycles. The van der Waals surface area contributed by atoms with Crippen LogP contribution in [0.5, 0.6) is 0 Å². The van der Waals surface area contributed by atoms with Gasteiger partial charge in [-0.1, -0.05) is 0 Å². The van der Waals surface area contributed by atoms with Crippen LogP contribution >= 0.6 is 22.6 Å². The number of rotatable bonds is 3. The lowest BCUT2D eigenvalue weighted by molar-refractivity contribution is -0.386. The molecule has 0 atom stereocenters. The largest absolute Gasteiger partial charge is 0.464 e. The molecule has 0 aromatic carbocycles. The fraction of sp³-hybridized carbons (Fsp3) is 0.250. The number of halogens is 3. The van der Waals surface area contributed by atoms with E-state index < -0.39 is 28.6 Å². The van der Waals surface area contributed by atoms with Crippen LogP contribution in [0.1, 0.15) is 22.5 Å². The van der Waals surface area contributed by atoms with E-state index in [0.29, 0.717) is 6.07 Å². The Bertz CT molecular complexity index is 481. The van der Waals surface area contributed by atoms with Crippen LogP contribution in [0.15, 0.2) is 6.07 Å². The van der Waals surface area contributed by atoms with Gasteiger partial charge in [0.1, 0.15) is 9.26 Å². The number of carbonyl (C=O) groups is 1. The van der Waals surface area contributed by atoms with Crippen LogP contribution in [0.25, 0.3) is 0 Å². The van der Waals surface area contributed by atoms with Crippen molar-refractivity contribution in [2.24, 2.45) is 0 Å². The van der Waals surface area contributed by atoms with E-state index >= 15 is 0 Å². The number of hydrogen-bond acceptors (Lipinski definition) is 5. The lowest BCUT2D eigenvalue weighted by Crippen LogP contribution is -2.09. The first-order valence-corrected chi connectivity index (χ1v) is 5.17. The lowest BCUT2D eigenvalue weighted by Gasteiger charge is -2.06. The molecule has 17 heavy (non-hydrogen) atoms. The standard InChI is InChI=1S/C8H5F2IN2O4/c1-17-8(14)3-2-4(13(15)16)5(6(9)10)7(11)12-3/h2,6H,1H3. The zero-order valence-electron chi connectivity index (χ0n) is 8.32. The molecule has 92 valence electrons. The van der Waals surface area contributed by atoms with E-state index in [4.69, 9.17) is 0 Å². The van der Waals surface area contributed by atoms with E-state index in [-0.39, 0.29) is 9.39 Å². The van der Waals surface area contributed by atoms with Crippen molar-refractivity contribution in [3.05, 3.63) is 31.1 Å². The lowest BCUT2D eigenvalue weighted by atomic mass is 10.2. The van der Waals surface area contributed by atoms with Crippen LogP contribution < -0.4 is 0 Å². The third-order valence-electron chi connectivity index (χ3n) is 1.80. The van der Waals surface area contributed by atoms with Gasteiger partial charge in [0.25, 0.3) is 12.1 Å². The van der Waals surface area contributed by atoms with Gasteiger partial charge in [-0.05, 0) is 22.6 Å². The van der Waals surface area contributed by atoms with Gasteiger partial charge in [-0.2, -0.15) is 0 Å². The molecule has 1 rings (SSSR count). The second-order valence-electron chi connectivity index (χ2n) is 2.78. The summed E-state index contributed by atoms with van der Waals surface area (Å²) in [6.07, 6.45) is -3.04. The zero-order chi connectivity index (χ0) is 13.2. The number of carbonyl (C=O) groups excluding carboxylic acids is 1. The molecule has 0 aliphatic rings. The normalized spacial score (nSPS) is 10.4. The monoisotopic (exact) mass is 358 g/mol. The number of ether oxygens (including phenoxy) is 1. The summed E-state index contributed by atoms with van der Waals surface area (Å²) >= 11 is 1.41. The molecule has 0 bridgehead atoms. The predicted molar refractivity (Wildman–Crippen MR) is 59.9 cm³/mol. The van der Waals surface area contributed by atoms with E-state index in [1.54, 1.807) is 0 Å². The summed E-state index contributed by atoms with van der Waals surface area (Å²) < 4.78 is 29.2. The Morgan fingerprint density at radius 1 is 1.65 bits per heavy atom. The molecule has 9 heteroatoms. The van der Waals surface area contributed by atoms with Gasteiger partial charge in [0.05, 0.1) is 12.0 Å². The van der Waals surface area contributed by atoms with Crippen molar-refractivity contribution in [3.63, 3.8) is 0 Å². The highest BCUT2D eigenvalue weighted by Crippen LogP contribution is 2.32. The quantitative estimate of drug-likeness (QED) is 0.272. The molecule has 1 aromatic heterocycles. The number of hydrogen-bond donors (Lipinski definition) is 0. The van der Waals surface area contributed by atoms with Crippen LogP contribution in [0, 0.1) is 13.8 Å². The Balaban J connectivity index is 3.46. The highest BCUT2D eigenvalue weighted by molar-refractivity contribution is 14.1. The van der Waals surface area contributed by atoms with E-state index in [2.05, 4.69) is 9.72 Å². The Hall–Kier alpha value is -1.39. The number of aromatic nitrogens is 1. The number of esters is 1. The van der Waals surface area contributed by atoms with Gasteiger partial charge in [0, 0.05) is 6.07 Å². The van der Waals surface area contributed by atoms with Gasteiger partial charge in [-0.3, -0.25) is 10.1 Å². The van der Waals surface area contributed by atoms with Crippen molar-refractivity contribution in [1.29, 1.82) is 0 Å². The van der Waals surface area contributed by atoms with Gasteiger partial charge >= 0.3 is 5.97 Å². The average Bonchev–Trinajstić information content (AvgIpc) is 2.26. The topological polar surface area (TPSA) is 82.3 Å². The first-order valence-electron chi connectivity index (χ1n) is 4.09. The van der Waals surface area contributed by atoms with E-state index in [0.717, 1.165) is 7.11 Å². The maximum Gasteiger partial charge on any atom is 0.356 e. The van der Waals surface area contributed by atoms with Crippen LogP contribution in [0.3, 0.4) is 0 Å². The smallest absolute Gasteiger partial charge is 0.356 e. The number of nitro groups is 1. The average molecular weight is 358 g/mol. The molecule has 1 aromatic rings. The van der Waals surface area contributed by atoms with E-state index in [1.165, 1.54) is 22.6 Å². The highest BCUT2D eigenvalue weighted by Gasteiger charge is 2.28. The highest BCUT2D eigenvalue weighted by atomic mass is 127. The van der Waals surface area contributed by atoms with Crippen molar-refractivity contribution >= 4 is 34.2 Å². The summed E-state index contributed by atoms with van der Waals surface area (Å²) in [6, 6.07) is 0.676.